The third kappa shape index (κ3) is 2.89. The van der Waals surface area contributed by atoms with Gasteiger partial charge in [-0.3, -0.25) is 4.40 Å². The maximum Gasteiger partial charge on any atom is 0.350 e. The van der Waals surface area contributed by atoms with Crippen LogP contribution >= 0.6 is 11.8 Å². The van der Waals surface area contributed by atoms with Gasteiger partial charge >= 0.3 is 5.69 Å². The van der Waals surface area contributed by atoms with E-state index >= 15 is 0 Å². The molecule has 3 heterocycles. The summed E-state index contributed by atoms with van der Waals surface area (Å²) in [5, 5.41) is 4.88. The lowest BCUT2D eigenvalue weighted by atomic mass is 10.4. The zero-order chi connectivity index (χ0) is 14.8. The van der Waals surface area contributed by atoms with Crippen LogP contribution in [0.15, 0.2) is 40.4 Å². The summed E-state index contributed by atoms with van der Waals surface area (Å²) in [7, 11) is 0. The number of thioether (sulfide) groups is 1. The maximum absolute atomic E-state index is 12.1. The third-order valence-corrected chi connectivity index (χ3v) is 3.70. The van der Waals surface area contributed by atoms with Crippen molar-refractivity contribution in [1.82, 2.24) is 24.1 Å². The van der Waals surface area contributed by atoms with Gasteiger partial charge in [0, 0.05) is 23.7 Å². The minimum atomic E-state index is -0.143. The number of fused-ring (bicyclic) bond motifs is 1. The number of pyridine rings is 1. The first-order chi connectivity index (χ1) is 10.1. The van der Waals surface area contributed by atoms with E-state index in [9.17, 15) is 4.79 Å². The molecule has 3 aromatic heterocycles. The summed E-state index contributed by atoms with van der Waals surface area (Å²) in [5.41, 5.74) is 7.01. The molecular weight excluding hydrogens is 288 g/mol. The molecule has 0 aliphatic carbocycles. The van der Waals surface area contributed by atoms with Crippen LogP contribution in [-0.4, -0.2) is 29.9 Å². The zero-order valence-corrected chi connectivity index (χ0v) is 12.2. The van der Waals surface area contributed by atoms with E-state index in [1.54, 1.807) is 24.4 Å². The SMILES string of the molecule is Cc1cc(N)nc(SCCn2nc3ccccn3c2=O)n1. The van der Waals surface area contributed by atoms with Gasteiger partial charge < -0.3 is 5.73 Å². The first-order valence-electron chi connectivity index (χ1n) is 6.41. The highest BCUT2D eigenvalue weighted by atomic mass is 32.2. The molecule has 3 rings (SSSR count). The smallest absolute Gasteiger partial charge is 0.350 e. The standard InChI is InChI=1S/C13H14N6OS/c1-9-8-10(14)16-12(15-9)21-7-6-19-13(20)18-5-3-2-4-11(18)17-19/h2-5,8H,6-7H2,1H3,(H2,14,15,16). The van der Waals surface area contributed by atoms with Crippen molar-refractivity contribution < 1.29 is 0 Å². The van der Waals surface area contributed by atoms with E-state index in [0.29, 0.717) is 28.9 Å². The summed E-state index contributed by atoms with van der Waals surface area (Å²) in [5.74, 6) is 1.10. The molecule has 7 nitrogen and oxygen atoms in total. The lowest BCUT2D eigenvalue weighted by Gasteiger charge is -2.02. The first-order valence-corrected chi connectivity index (χ1v) is 7.40. The van der Waals surface area contributed by atoms with Crippen LogP contribution in [0.3, 0.4) is 0 Å². The van der Waals surface area contributed by atoms with Crippen molar-refractivity contribution in [3.63, 3.8) is 0 Å². The fraction of sp³-hybridized carbons (Fsp3) is 0.231. The third-order valence-electron chi connectivity index (χ3n) is 2.88. The van der Waals surface area contributed by atoms with E-state index < -0.39 is 0 Å². The Morgan fingerprint density at radius 1 is 1.33 bits per heavy atom. The quantitative estimate of drug-likeness (QED) is 0.570. The van der Waals surface area contributed by atoms with Gasteiger partial charge in [-0.2, -0.15) is 0 Å². The Morgan fingerprint density at radius 2 is 2.19 bits per heavy atom. The number of aryl methyl sites for hydroxylation is 2. The molecule has 0 bridgehead atoms. The van der Waals surface area contributed by atoms with Crippen LogP contribution in [-0.2, 0) is 6.54 Å². The van der Waals surface area contributed by atoms with Crippen LogP contribution in [0.5, 0.6) is 0 Å². The van der Waals surface area contributed by atoms with Crippen molar-refractivity contribution in [3.8, 4) is 0 Å². The molecule has 21 heavy (non-hydrogen) atoms. The highest BCUT2D eigenvalue weighted by molar-refractivity contribution is 7.99. The second kappa shape index (κ2) is 5.57. The molecule has 0 aromatic carbocycles. The molecule has 0 amide bonds. The topological polar surface area (TPSA) is 91.1 Å². The maximum atomic E-state index is 12.1. The number of hydrogen-bond donors (Lipinski definition) is 1. The molecule has 0 unspecified atom stereocenters. The number of rotatable bonds is 4. The Labute approximate surface area is 124 Å². The Morgan fingerprint density at radius 3 is 2.95 bits per heavy atom. The molecule has 3 aromatic rings. The predicted molar refractivity (Wildman–Crippen MR) is 81.4 cm³/mol. The largest absolute Gasteiger partial charge is 0.384 e. The summed E-state index contributed by atoms with van der Waals surface area (Å²) >= 11 is 1.45. The average molecular weight is 302 g/mol. The highest BCUT2D eigenvalue weighted by Crippen LogP contribution is 2.15. The summed E-state index contributed by atoms with van der Waals surface area (Å²) in [6, 6.07) is 7.18. The van der Waals surface area contributed by atoms with E-state index in [4.69, 9.17) is 5.73 Å². The minimum Gasteiger partial charge on any atom is -0.384 e. The normalized spacial score (nSPS) is 11.1. The lowest BCUT2D eigenvalue weighted by molar-refractivity contribution is 0.639. The molecule has 2 N–H and O–H groups in total. The van der Waals surface area contributed by atoms with Crippen molar-refractivity contribution in [2.24, 2.45) is 0 Å². The molecule has 0 aliphatic heterocycles. The van der Waals surface area contributed by atoms with Crippen LogP contribution in [0.4, 0.5) is 5.82 Å². The fourth-order valence-corrected chi connectivity index (χ4v) is 2.79. The van der Waals surface area contributed by atoms with Gasteiger partial charge in [-0.25, -0.2) is 19.4 Å². The van der Waals surface area contributed by atoms with Gasteiger partial charge in [0.15, 0.2) is 10.8 Å². The van der Waals surface area contributed by atoms with Crippen LogP contribution in [0, 0.1) is 6.92 Å². The van der Waals surface area contributed by atoms with Crippen molar-refractivity contribution in [2.45, 2.75) is 18.6 Å². The van der Waals surface area contributed by atoms with E-state index in [0.717, 1.165) is 5.69 Å². The molecule has 0 fully saturated rings. The van der Waals surface area contributed by atoms with Gasteiger partial charge in [-0.15, -0.1) is 5.10 Å². The number of aromatic nitrogens is 5. The van der Waals surface area contributed by atoms with Gasteiger partial charge in [0.2, 0.25) is 0 Å². The first kappa shape index (κ1) is 13.6. The number of nitrogens with two attached hydrogens (primary N) is 1. The second-order valence-corrected chi connectivity index (χ2v) is 5.56. The van der Waals surface area contributed by atoms with Gasteiger partial charge in [0.25, 0.3) is 0 Å². The van der Waals surface area contributed by atoms with Gasteiger partial charge in [-0.1, -0.05) is 17.8 Å². The Bertz CT molecular complexity index is 820. The minimum absolute atomic E-state index is 0.143. The molecule has 0 spiro atoms. The highest BCUT2D eigenvalue weighted by Gasteiger charge is 2.06. The molecule has 8 heteroatoms. The summed E-state index contributed by atoms with van der Waals surface area (Å²) in [6.45, 7) is 2.36. The van der Waals surface area contributed by atoms with Crippen LogP contribution in [0.25, 0.3) is 5.65 Å². The van der Waals surface area contributed by atoms with Crippen LogP contribution < -0.4 is 11.4 Å². The number of nitrogens with zero attached hydrogens (tertiary/aromatic N) is 5. The Kier molecular flexibility index (Phi) is 3.61. The van der Waals surface area contributed by atoms with E-state index in [-0.39, 0.29) is 5.69 Å². The molecule has 0 atom stereocenters. The number of anilines is 1. The second-order valence-electron chi connectivity index (χ2n) is 4.50. The van der Waals surface area contributed by atoms with Gasteiger partial charge in [0.1, 0.15) is 5.82 Å². The zero-order valence-electron chi connectivity index (χ0n) is 11.4. The lowest BCUT2D eigenvalue weighted by Crippen LogP contribution is -2.22. The number of hydrogen-bond acceptors (Lipinski definition) is 6. The predicted octanol–water partition coefficient (Wildman–Crippen LogP) is 0.969. The van der Waals surface area contributed by atoms with E-state index in [1.807, 2.05) is 13.0 Å². The van der Waals surface area contributed by atoms with Gasteiger partial charge in [0.05, 0.1) is 6.54 Å². The van der Waals surface area contributed by atoms with Crippen molar-refractivity contribution in [2.75, 3.05) is 11.5 Å². The van der Waals surface area contributed by atoms with Crippen LogP contribution in [0.2, 0.25) is 0 Å². The van der Waals surface area contributed by atoms with Crippen molar-refractivity contribution in [1.29, 1.82) is 0 Å². The summed E-state index contributed by atoms with van der Waals surface area (Å²) < 4.78 is 2.97. The molecule has 0 saturated carbocycles. The molecular formula is C13H14N6OS. The van der Waals surface area contributed by atoms with E-state index in [2.05, 4.69) is 15.1 Å². The van der Waals surface area contributed by atoms with Gasteiger partial charge in [-0.05, 0) is 19.1 Å². The van der Waals surface area contributed by atoms with E-state index in [1.165, 1.54) is 20.8 Å². The Balaban J connectivity index is 1.72. The van der Waals surface area contributed by atoms with Crippen molar-refractivity contribution in [3.05, 3.63) is 46.6 Å². The molecule has 0 aliphatic rings. The molecule has 0 radical (unpaired) electrons. The summed E-state index contributed by atoms with van der Waals surface area (Å²) in [4.78, 5) is 20.5. The summed E-state index contributed by atoms with van der Waals surface area (Å²) in [6.07, 6.45) is 1.71. The van der Waals surface area contributed by atoms with Crippen molar-refractivity contribution >= 4 is 23.2 Å². The molecule has 108 valence electrons. The fourth-order valence-electron chi connectivity index (χ4n) is 1.97. The molecule has 0 saturated heterocycles. The monoisotopic (exact) mass is 302 g/mol. The van der Waals surface area contributed by atoms with Crippen LogP contribution in [0.1, 0.15) is 5.69 Å². The average Bonchev–Trinajstić information content (AvgIpc) is 2.75. The number of nitrogen functional groups attached to an aromatic ring is 1. The Hall–Kier alpha value is -2.35.